The molecule has 2 aromatic heterocycles. The number of piperazine rings is 1. The highest BCUT2D eigenvalue weighted by atomic mass is 32.2. The van der Waals surface area contributed by atoms with E-state index in [1.165, 1.54) is 0 Å². The Kier molecular flexibility index (Phi) is 5.68. The third-order valence-electron chi connectivity index (χ3n) is 4.75. The van der Waals surface area contributed by atoms with Crippen LogP contribution in [0.5, 0.6) is 0 Å². The van der Waals surface area contributed by atoms with Crippen LogP contribution in [0.3, 0.4) is 0 Å². The maximum absolute atomic E-state index is 12.7. The Morgan fingerprint density at radius 3 is 2.24 bits per heavy atom. The molecule has 150 valence electrons. The smallest absolute Gasteiger partial charge is 0.218 e. The first-order valence-corrected chi connectivity index (χ1v) is 11.0. The maximum Gasteiger partial charge on any atom is 0.218 e. The first kappa shape index (κ1) is 19.3. The number of benzene rings is 1. The quantitative estimate of drug-likeness (QED) is 0.666. The number of hydrogen-bond acceptors (Lipinski definition) is 7. The molecule has 0 amide bonds. The normalized spacial score (nSPS) is 15.2. The summed E-state index contributed by atoms with van der Waals surface area (Å²) in [6.45, 7) is 2.04. The summed E-state index contributed by atoms with van der Waals surface area (Å²) in [6.07, 6.45) is 3.41. The zero-order valence-electron chi connectivity index (χ0n) is 15.8. The van der Waals surface area contributed by atoms with Gasteiger partial charge in [0, 0.05) is 44.3 Å². The van der Waals surface area contributed by atoms with E-state index in [1.54, 1.807) is 16.7 Å². The fourth-order valence-corrected chi connectivity index (χ4v) is 4.73. The summed E-state index contributed by atoms with van der Waals surface area (Å²) in [5, 5.41) is 11.7. The Morgan fingerprint density at radius 1 is 0.862 bits per heavy atom. The number of aromatic nitrogens is 3. The second-order valence-corrected chi connectivity index (χ2v) is 8.73. The number of pyridine rings is 1. The molecular formula is C20H22N6O2S. The summed E-state index contributed by atoms with van der Waals surface area (Å²) in [4.78, 5) is 6.03. The topological polar surface area (TPSA) is 91.3 Å². The lowest BCUT2D eigenvalue weighted by Crippen LogP contribution is -2.49. The van der Waals surface area contributed by atoms with Crippen molar-refractivity contribution in [2.24, 2.45) is 0 Å². The fraction of sp³-hybridized carbons (Fsp3) is 0.250. The molecule has 0 aliphatic carbocycles. The molecule has 1 aliphatic rings. The van der Waals surface area contributed by atoms with Gasteiger partial charge in [-0.05, 0) is 29.8 Å². The Hall–Kier alpha value is -3.04. The minimum atomic E-state index is -3.33. The lowest BCUT2D eigenvalue weighted by atomic mass is 10.2. The molecule has 0 radical (unpaired) electrons. The number of nitrogens with one attached hydrogen (secondary N) is 1. The predicted octanol–water partition coefficient (Wildman–Crippen LogP) is 2.27. The van der Waals surface area contributed by atoms with Crippen molar-refractivity contribution < 1.29 is 8.42 Å². The molecule has 0 bridgehead atoms. The van der Waals surface area contributed by atoms with Crippen molar-refractivity contribution in [3.05, 3.63) is 72.6 Å². The first-order valence-electron chi connectivity index (χ1n) is 9.38. The van der Waals surface area contributed by atoms with Crippen LogP contribution in [0, 0.1) is 0 Å². The zero-order valence-corrected chi connectivity index (χ0v) is 16.7. The van der Waals surface area contributed by atoms with Crippen LogP contribution in [0.25, 0.3) is 0 Å². The van der Waals surface area contributed by atoms with Gasteiger partial charge in [0.1, 0.15) is 0 Å². The van der Waals surface area contributed by atoms with Gasteiger partial charge in [-0.25, -0.2) is 8.42 Å². The molecule has 9 heteroatoms. The van der Waals surface area contributed by atoms with Crippen LogP contribution in [0.2, 0.25) is 0 Å². The fourth-order valence-electron chi connectivity index (χ4n) is 3.22. The zero-order chi connectivity index (χ0) is 20.1. The minimum absolute atomic E-state index is 0.0308. The van der Waals surface area contributed by atoms with E-state index in [0.29, 0.717) is 32.0 Å². The molecule has 1 aliphatic heterocycles. The Morgan fingerprint density at radius 2 is 1.59 bits per heavy atom. The van der Waals surface area contributed by atoms with Crippen LogP contribution >= 0.6 is 0 Å². The van der Waals surface area contributed by atoms with Crippen LogP contribution in [-0.2, 0) is 15.8 Å². The number of sulfonamides is 1. The number of hydrogen-bond donors (Lipinski definition) is 1. The molecule has 0 saturated carbocycles. The number of anilines is 3. The van der Waals surface area contributed by atoms with Gasteiger partial charge in [0.15, 0.2) is 11.6 Å². The summed E-state index contributed by atoms with van der Waals surface area (Å²) in [5.41, 5.74) is 1.69. The van der Waals surface area contributed by atoms with Crippen LogP contribution in [0.4, 0.5) is 17.3 Å². The Labute approximate surface area is 170 Å². The van der Waals surface area contributed by atoms with E-state index >= 15 is 0 Å². The van der Waals surface area contributed by atoms with Crippen molar-refractivity contribution in [3.8, 4) is 0 Å². The number of nitrogens with zero attached hydrogens (tertiary/aromatic N) is 5. The van der Waals surface area contributed by atoms with Crippen molar-refractivity contribution in [2.75, 3.05) is 36.4 Å². The molecule has 8 nitrogen and oxygen atoms in total. The third kappa shape index (κ3) is 4.87. The van der Waals surface area contributed by atoms with Gasteiger partial charge in [-0.3, -0.25) is 4.98 Å². The van der Waals surface area contributed by atoms with E-state index in [9.17, 15) is 8.42 Å². The van der Waals surface area contributed by atoms with E-state index < -0.39 is 10.0 Å². The summed E-state index contributed by atoms with van der Waals surface area (Å²) in [7, 11) is -3.33. The molecule has 3 heterocycles. The van der Waals surface area contributed by atoms with Crippen LogP contribution in [-0.4, -0.2) is 54.1 Å². The molecule has 0 unspecified atom stereocenters. The molecule has 29 heavy (non-hydrogen) atoms. The summed E-state index contributed by atoms with van der Waals surface area (Å²) < 4.78 is 26.9. The van der Waals surface area contributed by atoms with Crippen LogP contribution in [0.1, 0.15) is 5.56 Å². The standard InChI is InChI=1S/C20H22N6O2S/c27-29(28,16-17-4-2-1-3-5-17)26-14-12-25(13-15-26)20-7-6-19(23-24-20)22-18-8-10-21-11-9-18/h1-11H,12-16H2,(H,21,22,23). The van der Waals surface area contributed by atoms with Gasteiger partial charge in [-0.1, -0.05) is 30.3 Å². The van der Waals surface area contributed by atoms with Crippen molar-refractivity contribution in [2.45, 2.75) is 5.75 Å². The average Bonchev–Trinajstić information content (AvgIpc) is 2.76. The second kappa shape index (κ2) is 8.54. The van der Waals surface area contributed by atoms with Gasteiger partial charge >= 0.3 is 0 Å². The summed E-state index contributed by atoms with van der Waals surface area (Å²) in [5.74, 6) is 1.41. The molecule has 0 spiro atoms. The van der Waals surface area contributed by atoms with Crippen LogP contribution in [0.15, 0.2) is 67.0 Å². The molecule has 1 fully saturated rings. The van der Waals surface area contributed by atoms with Gasteiger partial charge in [0.2, 0.25) is 10.0 Å². The van der Waals surface area contributed by atoms with Crippen molar-refractivity contribution in [1.82, 2.24) is 19.5 Å². The van der Waals surface area contributed by atoms with Crippen molar-refractivity contribution in [3.63, 3.8) is 0 Å². The maximum atomic E-state index is 12.7. The number of rotatable bonds is 6. The van der Waals surface area contributed by atoms with Gasteiger partial charge in [0.25, 0.3) is 0 Å². The Bertz CT molecular complexity index is 1020. The summed E-state index contributed by atoms with van der Waals surface area (Å²) >= 11 is 0. The molecule has 1 aromatic carbocycles. The molecule has 3 aromatic rings. The monoisotopic (exact) mass is 410 g/mol. The van der Waals surface area contributed by atoms with Gasteiger partial charge in [0.05, 0.1) is 5.75 Å². The molecule has 1 N–H and O–H groups in total. The molecular weight excluding hydrogens is 388 g/mol. The van der Waals surface area contributed by atoms with E-state index in [2.05, 4.69) is 25.4 Å². The van der Waals surface area contributed by atoms with Gasteiger partial charge in [-0.2, -0.15) is 4.31 Å². The van der Waals surface area contributed by atoms with Crippen LogP contribution < -0.4 is 10.2 Å². The highest BCUT2D eigenvalue weighted by molar-refractivity contribution is 7.88. The first-order chi connectivity index (χ1) is 14.1. The van der Waals surface area contributed by atoms with E-state index in [-0.39, 0.29) is 5.75 Å². The second-order valence-electron chi connectivity index (χ2n) is 6.77. The van der Waals surface area contributed by atoms with E-state index in [0.717, 1.165) is 17.1 Å². The van der Waals surface area contributed by atoms with Crippen molar-refractivity contribution in [1.29, 1.82) is 0 Å². The predicted molar refractivity (Wildman–Crippen MR) is 112 cm³/mol. The molecule has 1 saturated heterocycles. The average molecular weight is 411 g/mol. The van der Waals surface area contributed by atoms with Gasteiger partial charge < -0.3 is 10.2 Å². The van der Waals surface area contributed by atoms with Gasteiger partial charge in [-0.15, -0.1) is 10.2 Å². The lowest BCUT2D eigenvalue weighted by Gasteiger charge is -2.34. The minimum Gasteiger partial charge on any atom is -0.352 e. The highest BCUT2D eigenvalue weighted by Gasteiger charge is 2.27. The van der Waals surface area contributed by atoms with Crippen molar-refractivity contribution >= 4 is 27.3 Å². The summed E-state index contributed by atoms with van der Waals surface area (Å²) in [6, 6.07) is 16.7. The third-order valence-corrected chi connectivity index (χ3v) is 6.60. The largest absolute Gasteiger partial charge is 0.352 e. The highest BCUT2D eigenvalue weighted by Crippen LogP contribution is 2.19. The SMILES string of the molecule is O=S(=O)(Cc1ccccc1)N1CCN(c2ccc(Nc3ccncc3)nn2)CC1. The van der Waals surface area contributed by atoms with E-state index in [1.807, 2.05) is 54.6 Å². The lowest BCUT2D eigenvalue weighted by molar-refractivity contribution is 0.383. The Balaban J connectivity index is 1.34. The van der Waals surface area contributed by atoms with E-state index in [4.69, 9.17) is 0 Å². The molecule has 0 atom stereocenters. The molecule has 4 rings (SSSR count).